The first-order valence-electron chi connectivity index (χ1n) is 9.11. The lowest BCUT2D eigenvalue weighted by molar-refractivity contribution is -0.0891. The summed E-state index contributed by atoms with van der Waals surface area (Å²) in [6, 6.07) is 8.72. The Bertz CT molecular complexity index is 653. The normalized spacial score (nSPS) is 26.5. The van der Waals surface area contributed by atoms with Crippen LogP contribution in [0.5, 0.6) is 0 Å². The van der Waals surface area contributed by atoms with Crippen molar-refractivity contribution < 1.29 is 9.47 Å². The average molecular weight is 339 g/mol. The van der Waals surface area contributed by atoms with Crippen molar-refractivity contribution in [2.75, 3.05) is 19.8 Å². The van der Waals surface area contributed by atoms with Crippen molar-refractivity contribution in [1.29, 1.82) is 0 Å². The van der Waals surface area contributed by atoms with Crippen molar-refractivity contribution in [1.82, 2.24) is 14.9 Å². The third-order valence-corrected chi connectivity index (χ3v) is 5.29. The summed E-state index contributed by atoms with van der Waals surface area (Å²) in [5.74, 6) is 0.488. The molecule has 0 unspecified atom stereocenters. The molecule has 0 amide bonds. The largest absolute Gasteiger partial charge is 0.376 e. The smallest absolute Gasteiger partial charge is 0.0781 e. The van der Waals surface area contributed by atoms with E-state index in [1.165, 1.54) is 18.4 Å². The second-order valence-corrected chi connectivity index (χ2v) is 6.94. The van der Waals surface area contributed by atoms with Gasteiger partial charge >= 0.3 is 0 Å². The minimum absolute atomic E-state index is 0.296. The molecule has 1 saturated carbocycles. The Morgan fingerprint density at radius 1 is 1.08 bits per heavy atom. The first-order chi connectivity index (χ1) is 12.4. The van der Waals surface area contributed by atoms with Crippen LogP contribution in [0, 0.1) is 5.92 Å². The molecule has 1 saturated heterocycles. The first-order valence-corrected chi connectivity index (χ1v) is 9.11. The summed E-state index contributed by atoms with van der Waals surface area (Å²) in [7, 11) is 0. The van der Waals surface area contributed by atoms with Gasteiger partial charge in [0.1, 0.15) is 0 Å². The van der Waals surface area contributed by atoms with Crippen LogP contribution < -0.4 is 0 Å². The zero-order chi connectivity index (χ0) is 16.9. The van der Waals surface area contributed by atoms with Crippen molar-refractivity contribution in [3.8, 4) is 0 Å². The van der Waals surface area contributed by atoms with Crippen molar-refractivity contribution >= 4 is 0 Å². The van der Waals surface area contributed by atoms with E-state index in [0.717, 1.165) is 31.9 Å². The molecule has 5 heteroatoms. The van der Waals surface area contributed by atoms with E-state index in [9.17, 15) is 0 Å². The molecule has 2 aromatic rings. The minimum Gasteiger partial charge on any atom is -0.376 e. The molecule has 2 aliphatic rings. The van der Waals surface area contributed by atoms with Crippen LogP contribution in [0.3, 0.4) is 0 Å². The van der Waals surface area contributed by atoms with E-state index in [1.807, 2.05) is 24.7 Å². The molecule has 1 aliphatic heterocycles. The number of morpholine rings is 1. The number of hydrogen-bond acceptors (Lipinski definition) is 5. The standard InChI is InChI=1S/C20H25N3O2/c1-2-17(12-22-7-1)14-24-15-18-3-4-19-20(18)25-11-10-23(19)13-16-5-8-21-9-6-16/h1-2,5-9,12,18-20H,3-4,10-11,13-15H2/t18-,19+,20-/m0/s1. The Morgan fingerprint density at radius 2 is 2.00 bits per heavy atom. The highest BCUT2D eigenvalue weighted by molar-refractivity contribution is 5.11. The second-order valence-electron chi connectivity index (χ2n) is 6.94. The minimum atomic E-state index is 0.296. The number of ether oxygens (including phenoxy) is 2. The zero-order valence-electron chi connectivity index (χ0n) is 14.5. The third-order valence-electron chi connectivity index (χ3n) is 5.29. The van der Waals surface area contributed by atoms with Crippen LogP contribution in [0.25, 0.3) is 0 Å². The molecule has 1 aliphatic carbocycles. The van der Waals surface area contributed by atoms with E-state index in [1.54, 1.807) is 6.20 Å². The Morgan fingerprint density at radius 3 is 2.84 bits per heavy atom. The number of pyridine rings is 2. The molecule has 2 fully saturated rings. The maximum absolute atomic E-state index is 6.14. The van der Waals surface area contributed by atoms with E-state index < -0.39 is 0 Å². The zero-order valence-corrected chi connectivity index (χ0v) is 14.5. The summed E-state index contributed by atoms with van der Waals surface area (Å²) in [5.41, 5.74) is 2.45. The average Bonchev–Trinajstić information content (AvgIpc) is 3.08. The van der Waals surface area contributed by atoms with Gasteiger partial charge in [0, 0.05) is 49.8 Å². The topological polar surface area (TPSA) is 47.5 Å². The highest BCUT2D eigenvalue weighted by Crippen LogP contribution is 2.35. The molecular formula is C20H25N3O2. The maximum Gasteiger partial charge on any atom is 0.0781 e. The molecule has 25 heavy (non-hydrogen) atoms. The first kappa shape index (κ1) is 16.6. The SMILES string of the molecule is c1cncc(COC[C@@H]2CC[C@@H]3[C@H]2OCCN3Cc2ccncc2)c1. The molecule has 132 valence electrons. The van der Waals surface area contributed by atoms with E-state index in [-0.39, 0.29) is 0 Å². The van der Waals surface area contributed by atoms with E-state index in [2.05, 4.69) is 33.1 Å². The van der Waals surface area contributed by atoms with Gasteiger partial charge in [0.25, 0.3) is 0 Å². The quantitative estimate of drug-likeness (QED) is 0.810. The summed E-state index contributed by atoms with van der Waals surface area (Å²) in [6.07, 6.45) is 10.1. The van der Waals surface area contributed by atoms with Crippen LogP contribution in [0.1, 0.15) is 24.0 Å². The molecule has 3 heterocycles. The third kappa shape index (κ3) is 4.06. The van der Waals surface area contributed by atoms with Gasteiger partial charge in [-0.15, -0.1) is 0 Å². The van der Waals surface area contributed by atoms with Crippen LogP contribution in [0.15, 0.2) is 49.1 Å². The molecule has 5 nitrogen and oxygen atoms in total. The fourth-order valence-electron chi connectivity index (χ4n) is 4.05. The highest BCUT2D eigenvalue weighted by Gasteiger charge is 2.42. The van der Waals surface area contributed by atoms with E-state index in [0.29, 0.717) is 24.7 Å². The Balaban J connectivity index is 1.31. The van der Waals surface area contributed by atoms with Gasteiger partial charge in [0.2, 0.25) is 0 Å². The predicted molar refractivity (Wildman–Crippen MR) is 94.8 cm³/mol. The molecule has 3 atom stereocenters. The van der Waals surface area contributed by atoms with Crippen LogP contribution >= 0.6 is 0 Å². The van der Waals surface area contributed by atoms with Crippen molar-refractivity contribution in [3.63, 3.8) is 0 Å². The van der Waals surface area contributed by atoms with Crippen molar-refractivity contribution in [2.24, 2.45) is 5.92 Å². The number of fused-ring (bicyclic) bond motifs is 1. The summed E-state index contributed by atoms with van der Waals surface area (Å²) < 4.78 is 12.1. The van der Waals surface area contributed by atoms with Crippen LogP contribution in [0.4, 0.5) is 0 Å². The molecule has 0 bridgehead atoms. The van der Waals surface area contributed by atoms with E-state index in [4.69, 9.17) is 9.47 Å². The Labute approximate surface area is 149 Å². The van der Waals surface area contributed by atoms with Crippen molar-refractivity contribution in [3.05, 3.63) is 60.2 Å². The van der Waals surface area contributed by atoms with Crippen LogP contribution in [0.2, 0.25) is 0 Å². The molecule has 0 radical (unpaired) electrons. The van der Waals surface area contributed by atoms with Gasteiger partial charge in [-0.3, -0.25) is 14.9 Å². The lowest BCUT2D eigenvalue weighted by Gasteiger charge is -2.39. The molecule has 0 N–H and O–H groups in total. The Kier molecular flexibility index (Phi) is 5.35. The number of rotatable bonds is 6. The summed E-state index contributed by atoms with van der Waals surface area (Å²) in [5, 5.41) is 0. The lowest BCUT2D eigenvalue weighted by atomic mass is 10.0. The van der Waals surface area contributed by atoms with Crippen LogP contribution in [-0.4, -0.2) is 46.8 Å². The summed E-state index contributed by atoms with van der Waals surface area (Å²) >= 11 is 0. The molecular weight excluding hydrogens is 314 g/mol. The van der Waals surface area contributed by atoms with E-state index >= 15 is 0 Å². The Hall–Kier alpha value is -1.82. The van der Waals surface area contributed by atoms with Gasteiger partial charge in [-0.05, 0) is 42.2 Å². The van der Waals surface area contributed by atoms with Gasteiger partial charge in [-0.1, -0.05) is 6.07 Å². The highest BCUT2D eigenvalue weighted by atomic mass is 16.5. The molecule has 0 aromatic carbocycles. The number of hydrogen-bond donors (Lipinski definition) is 0. The summed E-state index contributed by atoms with van der Waals surface area (Å²) in [6.45, 7) is 4.19. The maximum atomic E-state index is 6.14. The fourth-order valence-corrected chi connectivity index (χ4v) is 4.05. The second kappa shape index (κ2) is 8.04. The molecule has 0 spiro atoms. The van der Waals surface area contributed by atoms with Gasteiger partial charge in [0.05, 0.1) is 25.9 Å². The van der Waals surface area contributed by atoms with Gasteiger partial charge in [-0.25, -0.2) is 0 Å². The molecule has 2 aromatic heterocycles. The van der Waals surface area contributed by atoms with Gasteiger partial charge in [0.15, 0.2) is 0 Å². The van der Waals surface area contributed by atoms with Crippen molar-refractivity contribution in [2.45, 2.75) is 38.1 Å². The fraction of sp³-hybridized carbons (Fsp3) is 0.500. The lowest BCUT2D eigenvalue weighted by Crippen LogP contribution is -2.50. The van der Waals surface area contributed by atoms with Crippen LogP contribution in [-0.2, 0) is 22.6 Å². The number of nitrogens with zero attached hydrogens (tertiary/aromatic N) is 3. The molecule has 4 rings (SSSR count). The monoisotopic (exact) mass is 339 g/mol. The van der Waals surface area contributed by atoms with Gasteiger partial charge < -0.3 is 9.47 Å². The van der Waals surface area contributed by atoms with Gasteiger partial charge in [-0.2, -0.15) is 0 Å². The predicted octanol–water partition coefficient (Wildman–Crippen LogP) is 2.67. The number of aromatic nitrogens is 2. The summed E-state index contributed by atoms with van der Waals surface area (Å²) in [4.78, 5) is 10.8.